The third-order valence-electron chi connectivity index (χ3n) is 5.59. The van der Waals surface area contributed by atoms with E-state index in [9.17, 15) is 0 Å². The smallest absolute Gasteiger partial charge is 0.0216 e. The topological polar surface area (TPSA) is 6.48 Å². The molecule has 0 N–H and O–H groups in total. The SMILES string of the molecule is CN(C)CCCC1(CCCN(C)C)c2ccccc2-c2ccccc21. The quantitative estimate of drug-likeness (QED) is 0.693. The van der Waals surface area contributed by atoms with Crippen molar-refractivity contribution in [2.75, 3.05) is 41.3 Å². The summed E-state index contributed by atoms with van der Waals surface area (Å²) >= 11 is 0. The van der Waals surface area contributed by atoms with Crippen LogP contribution in [0.5, 0.6) is 0 Å². The van der Waals surface area contributed by atoms with Gasteiger partial charge in [0, 0.05) is 5.41 Å². The van der Waals surface area contributed by atoms with Gasteiger partial charge < -0.3 is 9.80 Å². The first-order valence-corrected chi connectivity index (χ1v) is 9.53. The molecule has 2 nitrogen and oxygen atoms in total. The van der Waals surface area contributed by atoms with E-state index in [0.717, 1.165) is 13.1 Å². The third-order valence-corrected chi connectivity index (χ3v) is 5.59. The lowest BCUT2D eigenvalue weighted by molar-refractivity contribution is 0.328. The number of hydrogen-bond donors (Lipinski definition) is 0. The van der Waals surface area contributed by atoms with Crippen molar-refractivity contribution < 1.29 is 0 Å². The van der Waals surface area contributed by atoms with Crippen molar-refractivity contribution in [2.45, 2.75) is 31.1 Å². The zero-order chi connectivity index (χ0) is 17.9. The van der Waals surface area contributed by atoms with Gasteiger partial charge in [-0.2, -0.15) is 0 Å². The van der Waals surface area contributed by atoms with Crippen LogP contribution in [-0.2, 0) is 5.41 Å². The van der Waals surface area contributed by atoms with E-state index < -0.39 is 0 Å². The average molecular weight is 337 g/mol. The van der Waals surface area contributed by atoms with Gasteiger partial charge in [0.1, 0.15) is 0 Å². The Bertz CT molecular complexity index is 641. The highest BCUT2D eigenvalue weighted by Gasteiger charge is 2.41. The fourth-order valence-corrected chi connectivity index (χ4v) is 4.47. The molecule has 0 heterocycles. The molecule has 0 saturated carbocycles. The lowest BCUT2D eigenvalue weighted by Crippen LogP contribution is -2.28. The van der Waals surface area contributed by atoms with Crippen molar-refractivity contribution in [3.05, 3.63) is 59.7 Å². The molecule has 0 spiro atoms. The number of benzene rings is 2. The summed E-state index contributed by atoms with van der Waals surface area (Å²) in [5.74, 6) is 0. The summed E-state index contributed by atoms with van der Waals surface area (Å²) in [6.07, 6.45) is 4.93. The van der Waals surface area contributed by atoms with Crippen LogP contribution < -0.4 is 0 Å². The van der Waals surface area contributed by atoms with Crippen molar-refractivity contribution in [3.8, 4) is 11.1 Å². The van der Waals surface area contributed by atoms with Crippen LogP contribution in [-0.4, -0.2) is 51.1 Å². The van der Waals surface area contributed by atoms with Crippen LogP contribution in [0.2, 0.25) is 0 Å². The van der Waals surface area contributed by atoms with Gasteiger partial charge in [-0.1, -0.05) is 48.5 Å². The minimum Gasteiger partial charge on any atom is -0.309 e. The van der Waals surface area contributed by atoms with E-state index in [-0.39, 0.29) is 5.41 Å². The second kappa shape index (κ2) is 7.72. The first-order valence-electron chi connectivity index (χ1n) is 9.53. The van der Waals surface area contributed by atoms with Crippen LogP contribution in [0.1, 0.15) is 36.8 Å². The van der Waals surface area contributed by atoms with Gasteiger partial charge in [0.25, 0.3) is 0 Å². The fourth-order valence-electron chi connectivity index (χ4n) is 4.47. The van der Waals surface area contributed by atoms with Crippen molar-refractivity contribution in [3.63, 3.8) is 0 Å². The molecule has 1 aliphatic carbocycles. The molecule has 3 rings (SSSR count). The number of nitrogens with zero attached hydrogens (tertiary/aromatic N) is 2. The molecular weight excluding hydrogens is 304 g/mol. The van der Waals surface area contributed by atoms with Crippen LogP contribution in [0.3, 0.4) is 0 Å². The predicted octanol–water partition coefficient (Wildman–Crippen LogP) is 4.64. The number of hydrogen-bond acceptors (Lipinski definition) is 2. The lowest BCUT2D eigenvalue weighted by atomic mass is 9.71. The first kappa shape index (κ1) is 18.2. The predicted molar refractivity (Wildman–Crippen MR) is 108 cm³/mol. The molecule has 0 aliphatic heterocycles. The molecule has 2 aromatic rings. The number of fused-ring (bicyclic) bond motifs is 3. The molecule has 0 atom stereocenters. The van der Waals surface area contributed by atoms with E-state index in [2.05, 4.69) is 86.5 Å². The van der Waals surface area contributed by atoms with Gasteiger partial charge in [-0.3, -0.25) is 0 Å². The Hall–Kier alpha value is -1.64. The molecule has 0 saturated heterocycles. The second-order valence-corrected chi connectivity index (χ2v) is 7.99. The largest absolute Gasteiger partial charge is 0.309 e. The molecule has 2 aromatic carbocycles. The van der Waals surface area contributed by atoms with E-state index in [1.54, 1.807) is 11.1 Å². The Balaban J connectivity index is 1.99. The van der Waals surface area contributed by atoms with Gasteiger partial charge in [-0.25, -0.2) is 0 Å². The summed E-state index contributed by atoms with van der Waals surface area (Å²) in [7, 11) is 8.70. The van der Waals surface area contributed by atoms with Crippen molar-refractivity contribution >= 4 is 0 Å². The molecule has 0 radical (unpaired) electrons. The maximum atomic E-state index is 2.38. The van der Waals surface area contributed by atoms with Gasteiger partial charge in [0.05, 0.1) is 0 Å². The Morgan fingerprint density at radius 3 is 1.44 bits per heavy atom. The van der Waals surface area contributed by atoms with E-state index in [1.165, 1.54) is 36.8 Å². The minimum atomic E-state index is 0.180. The monoisotopic (exact) mass is 336 g/mol. The van der Waals surface area contributed by atoms with E-state index in [1.807, 2.05) is 0 Å². The summed E-state index contributed by atoms with van der Waals surface area (Å²) in [4.78, 5) is 4.61. The van der Waals surface area contributed by atoms with Crippen molar-refractivity contribution in [1.29, 1.82) is 0 Å². The molecule has 134 valence electrons. The highest BCUT2D eigenvalue weighted by atomic mass is 15.1. The molecular formula is C23H32N2. The third kappa shape index (κ3) is 3.65. The van der Waals surface area contributed by atoms with Crippen LogP contribution in [0, 0.1) is 0 Å². The summed E-state index contributed by atoms with van der Waals surface area (Å²) in [6, 6.07) is 18.2. The molecule has 1 aliphatic rings. The van der Waals surface area contributed by atoms with Crippen molar-refractivity contribution in [1.82, 2.24) is 9.80 Å². The number of rotatable bonds is 8. The van der Waals surface area contributed by atoms with Crippen LogP contribution in [0.4, 0.5) is 0 Å². The Morgan fingerprint density at radius 2 is 1.04 bits per heavy atom. The van der Waals surface area contributed by atoms with Gasteiger partial charge in [-0.15, -0.1) is 0 Å². The first-order chi connectivity index (χ1) is 12.0. The van der Waals surface area contributed by atoms with E-state index in [0.29, 0.717) is 0 Å². The van der Waals surface area contributed by atoms with Crippen LogP contribution >= 0.6 is 0 Å². The van der Waals surface area contributed by atoms with Crippen LogP contribution in [0.25, 0.3) is 11.1 Å². The Kier molecular flexibility index (Phi) is 5.61. The second-order valence-electron chi connectivity index (χ2n) is 7.99. The lowest BCUT2D eigenvalue weighted by Gasteiger charge is -2.33. The van der Waals surface area contributed by atoms with Gasteiger partial charge in [0.15, 0.2) is 0 Å². The molecule has 0 aromatic heterocycles. The summed E-state index contributed by atoms with van der Waals surface area (Å²) in [5, 5.41) is 0. The van der Waals surface area contributed by atoms with Crippen molar-refractivity contribution in [2.24, 2.45) is 0 Å². The molecule has 0 fully saturated rings. The Labute approximate surface area is 153 Å². The van der Waals surface area contributed by atoms with Gasteiger partial charge in [0.2, 0.25) is 0 Å². The van der Waals surface area contributed by atoms with Gasteiger partial charge in [-0.05, 0) is 89.2 Å². The van der Waals surface area contributed by atoms with E-state index in [4.69, 9.17) is 0 Å². The average Bonchev–Trinajstić information content (AvgIpc) is 2.86. The maximum absolute atomic E-state index is 2.38. The zero-order valence-corrected chi connectivity index (χ0v) is 16.3. The fraction of sp³-hybridized carbons (Fsp3) is 0.478. The molecule has 2 heteroatoms. The highest BCUT2D eigenvalue weighted by molar-refractivity contribution is 5.80. The Morgan fingerprint density at radius 1 is 0.640 bits per heavy atom. The van der Waals surface area contributed by atoms with E-state index >= 15 is 0 Å². The summed E-state index contributed by atoms with van der Waals surface area (Å²) in [6.45, 7) is 2.31. The summed E-state index contributed by atoms with van der Waals surface area (Å²) in [5.41, 5.74) is 6.18. The zero-order valence-electron chi connectivity index (χ0n) is 16.3. The molecule has 0 bridgehead atoms. The standard InChI is InChI=1S/C23H32N2/c1-24(2)17-9-15-23(16-10-18-25(3)4)21-13-7-5-11-19(21)20-12-6-8-14-22(20)23/h5-8,11-14H,9-10,15-18H2,1-4H3. The summed E-state index contributed by atoms with van der Waals surface area (Å²) < 4.78 is 0. The van der Waals surface area contributed by atoms with Crippen LogP contribution in [0.15, 0.2) is 48.5 Å². The van der Waals surface area contributed by atoms with Gasteiger partial charge >= 0.3 is 0 Å². The molecule has 0 unspecified atom stereocenters. The highest BCUT2D eigenvalue weighted by Crippen LogP contribution is 2.53. The normalized spacial score (nSPS) is 14.8. The molecule has 0 amide bonds. The minimum absolute atomic E-state index is 0.180. The molecule has 25 heavy (non-hydrogen) atoms. The maximum Gasteiger partial charge on any atom is 0.0216 e.